The predicted octanol–water partition coefficient (Wildman–Crippen LogP) is 4.72. The van der Waals surface area contributed by atoms with Gasteiger partial charge in [0.15, 0.2) is 0 Å². The maximum atomic E-state index is 13.1. The SMILES string of the molecule is COC(=O)[C@H](Cc1ccc(O)cc1)NC(=O)c1cc(C(=O)O)c2cc(-c3ccc(OC(F)(F)F)cc3)ccc2n1. The third-order valence-electron chi connectivity index (χ3n) is 5.86. The van der Waals surface area contributed by atoms with Crippen LogP contribution in [0.5, 0.6) is 11.5 Å². The fourth-order valence-corrected chi connectivity index (χ4v) is 3.98. The molecule has 0 fully saturated rings. The number of aromatic carboxylic acids is 1. The van der Waals surface area contributed by atoms with Crippen molar-refractivity contribution < 1.29 is 47.2 Å². The molecule has 1 aromatic heterocycles. The molecule has 3 N–H and O–H groups in total. The maximum absolute atomic E-state index is 13.1. The van der Waals surface area contributed by atoms with Gasteiger partial charge in [0.2, 0.25) is 0 Å². The highest BCUT2D eigenvalue weighted by molar-refractivity contribution is 6.07. The molecule has 0 bridgehead atoms. The summed E-state index contributed by atoms with van der Waals surface area (Å²) in [5, 5.41) is 22.0. The van der Waals surface area contributed by atoms with E-state index in [0.717, 1.165) is 25.3 Å². The number of carboxylic acid groups (broad SMARTS) is 1. The molecule has 0 aliphatic rings. The molecule has 0 aliphatic carbocycles. The minimum atomic E-state index is -4.83. The number of fused-ring (bicyclic) bond motifs is 1. The number of hydrogen-bond donors (Lipinski definition) is 3. The Labute approximate surface area is 224 Å². The van der Waals surface area contributed by atoms with Crippen molar-refractivity contribution in [3.8, 4) is 22.6 Å². The number of rotatable bonds is 8. The molecule has 0 radical (unpaired) electrons. The Bertz CT molecular complexity index is 1570. The summed E-state index contributed by atoms with van der Waals surface area (Å²) >= 11 is 0. The smallest absolute Gasteiger partial charge is 0.508 e. The number of methoxy groups -OCH3 is 1. The highest BCUT2D eigenvalue weighted by Gasteiger charge is 2.31. The van der Waals surface area contributed by atoms with Gasteiger partial charge in [0.05, 0.1) is 18.2 Å². The van der Waals surface area contributed by atoms with Crippen molar-refractivity contribution in [2.24, 2.45) is 0 Å². The van der Waals surface area contributed by atoms with Gasteiger partial charge in [-0.25, -0.2) is 14.6 Å². The number of carbonyl (C=O) groups is 3. The van der Waals surface area contributed by atoms with Crippen LogP contribution in [0.25, 0.3) is 22.0 Å². The highest BCUT2D eigenvalue weighted by atomic mass is 19.4. The largest absolute Gasteiger partial charge is 0.573 e. The van der Waals surface area contributed by atoms with Gasteiger partial charge in [-0.3, -0.25) is 4.79 Å². The third-order valence-corrected chi connectivity index (χ3v) is 5.86. The van der Waals surface area contributed by atoms with Crippen molar-refractivity contribution in [3.63, 3.8) is 0 Å². The van der Waals surface area contributed by atoms with E-state index >= 15 is 0 Å². The van der Waals surface area contributed by atoms with Crippen molar-refractivity contribution in [1.82, 2.24) is 10.3 Å². The number of aromatic hydroxyl groups is 1. The summed E-state index contributed by atoms with van der Waals surface area (Å²) in [6.45, 7) is 0. The number of esters is 1. The molecule has 3 aromatic carbocycles. The quantitative estimate of drug-likeness (QED) is 0.267. The summed E-state index contributed by atoms with van der Waals surface area (Å²) in [6.07, 6.45) is -4.80. The van der Waals surface area contributed by atoms with Gasteiger partial charge < -0.3 is 25.0 Å². The zero-order valence-corrected chi connectivity index (χ0v) is 20.7. The zero-order chi connectivity index (χ0) is 29.0. The van der Waals surface area contributed by atoms with Crippen LogP contribution in [-0.4, -0.2) is 52.6 Å². The van der Waals surface area contributed by atoms with E-state index in [9.17, 15) is 37.8 Å². The van der Waals surface area contributed by atoms with Crippen molar-refractivity contribution in [2.45, 2.75) is 18.8 Å². The number of hydrogen-bond acceptors (Lipinski definition) is 7. The Balaban J connectivity index is 1.63. The minimum absolute atomic E-state index is 0.0274. The van der Waals surface area contributed by atoms with E-state index in [1.165, 1.54) is 36.4 Å². The first-order valence-electron chi connectivity index (χ1n) is 11.6. The normalized spacial score (nSPS) is 12.0. The van der Waals surface area contributed by atoms with E-state index in [2.05, 4.69) is 15.0 Å². The molecule has 1 atom stereocenters. The molecule has 1 amide bonds. The number of ether oxygens (including phenoxy) is 2. The van der Waals surface area contributed by atoms with Gasteiger partial charge in [-0.1, -0.05) is 30.3 Å². The lowest BCUT2D eigenvalue weighted by Crippen LogP contribution is -2.43. The Morgan fingerprint density at radius 1 is 0.950 bits per heavy atom. The Morgan fingerprint density at radius 3 is 2.20 bits per heavy atom. The molecule has 0 saturated carbocycles. The Kier molecular flexibility index (Phi) is 7.89. The van der Waals surface area contributed by atoms with Gasteiger partial charge in [0.25, 0.3) is 5.91 Å². The van der Waals surface area contributed by atoms with Gasteiger partial charge in [0.1, 0.15) is 23.2 Å². The van der Waals surface area contributed by atoms with Crippen molar-refractivity contribution in [1.29, 1.82) is 0 Å². The van der Waals surface area contributed by atoms with Gasteiger partial charge >= 0.3 is 18.3 Å². The number of pyridine rings is 1. The second-order valence-electron chi connectivity index (χ2n) is 8.58. The number of benzene rings is 3. The molecule has 206 valence electrons. The van der Waals surface area contributed by atoms with Crippen LogP contribution in [0, 0.1) is 0 Å². The van der Waals surface area contributed by atoms with E-state index in [1.54, 1.807) is 18.2 Å². The molecule has 9 nitrogen and oxygen atoms in total. The fraction of sp³-hybridized carbons (Fsp3) is 0.143. The van der Waals surface area contributed by atoms with Crippen molar-refractivity contribution in [2.75, 3.05) is 7.11 Å². The van der Waals surface area contributed by atoms with Gasteiger partial charge in [-0.15, -0.1) is 13.2 Å². The number of carbonyl (C=O) groups excluding carboxylic acids is 2. The average Bonchev–Trinajstić information content (AvgIpc) is 2.91. The van der Waals surface area contributed by atoms with Crippen LogP contribution < -0.4 is 10.1 Å². The molecule has 4 aromatic rings. The third kappa shape index (κ3) is 6.65. The van der Waals surface area contributed by atoms with Crippen LogP contribution in [0.15, 0.2) is 72.8 Å². The first kappa shape index (κ1) is 27.9. The fourth-order valence-electron chi connectivity index (χ4n) is 3.98. The molecule has 0 saturated heterocycles. The summed E-state index contributed by atoms with van der Waals surface area (Å²) in [5.41, 5.74) is 1.26. The molecule has 40 heavy (non-hydrogen) atoms. The number of phenolic OH excluding ortho intramolecular Hbond substituents is 1. The molecule has 0 unspecified atom stereocenters. The monoisotopic (exact) mass is 554 g/mol. The standard InChI is InChI=1S/C28H21F3N2O7/c1-39-27(38)24(12-15-2-7-18(34)8-3-15)33-25(35)23-14-21(26(36)37)20-13-17(6-11-22(20)32-23)16-4-9-19(10-5-16)40-28(29,30)31/h2-11,13-14,24,34H,12H2,1H3,(H,33,35)(H,36,37)/t24-/m0/s1. The first-order valence-corrected chi connectivity index (χ1v) is 11.6. The van der Waals surface area contributed by atoms with Gasteiger partial charge in [-0.2, -0.15) is 0 Å². The second kappa shape index (κ2) is 11.3. The average molecular weight is 554 g/mol. The van der Waals surface area contributed by atoms with Crippen LogP contribution >= 0.6 is 0 Å². The topological polar surface area (TPSA) is 135 Å². The number of halogens is 3. The molecule has 4 rings (SSSR count). The number of amides is 1. The number of nitrogens with one attached hydrogen (secondary N) is 1. The predicted molar refractivity (Wildman–Crippen MR) is 136 cm³/mol. The van der Waals surface area contributed by atoms with E-state index in [1.807, 2.05) is 0 Å². The number of phenols is 1. The Morgan fingerprint density at radius 2 is 1.60 bits per heavy atom. The zero-order valence-electron chi connectivity index (χ0n) is 20.7. The summed E-state index contributed by atoms with van der Waals surface area (Å²) in [5.74, 6) is -3.28. The van der Waals surface area contributed by atoms with Crippen LogP contribution in [0.3, 0.4) is 0 Å². The minimum Gasteiger partial charge on any atom is -0.508 e. The molecule has 12 heteroatoms. The summed E-state index contributed by atoms with van der Waals surface area (Å²) in [7, 11) is 1.16. The lowest BCUT2D eigenvalue weighted by atomic mass is 10.00. The van der Waals surface area contributed by atoms with Crippen molar-refractivity contribution in [3.05, 3.63) is 89.6 Å². The number of nitrogens with zero attached hydrogens (tertiary/aromatic N) is 1. The number of aromatic nitrogens is 1. The van der Waals surface area contributed by atoms with E-state index < -0.39 is 36.0 Å². The van der Waals surface area contributed by atoms with E-state index in [-0.39, 0.29) is 34.3 Å². The molecular formula is C28H21F3N2O7. The molecular weight excluding hydrogens is 533 g/mol. The van der Waals surface area contributed by atoms with Crippen LogP contribution in [0.4, 0.5) is 13.2 Å². The lowest BCUT2D eigenvalue weighted by Gasteiger charge is -2.17. The van der Waals surface area contributed by atoms with Crippen molar-refractivity contribution >= 4 is 28.7 Å². The summed E-state index contributed by atoms with van der Waals surface area (Å²) in [6, 6.07) is 15.5. The summed E-state index contributed by atoms with van der Waals surface area (Å²) in [4.78, 5) is 41.7. The summed E-state index contributed by atoms with van der Waals surface area (Å²) < 4.78 is 46.0. The van der Waals surface area contributed by atoms with Crippen LogP contribution in [-0.2, 0) is 16.0 Å². The van der Waals surface area contributed by atoms with E-state index in [4.69, 9.17) is 4.74 Å². The lowest BCUT2D eigenvalue weighted by molar-refractivity contribution is -0.274. The van der Waals surface area contributed by atoms with Gasteiger partial charge in [-0.05, 0) is 59.2 Å². The number of carboxylic acids is 1. The molecule has 0 spiro atoms. The molecule has 1 heterocycles. The highest BCUT2D eigenvalue weighted by Crippen LogP contribution is 2.29. The second-order valence-corrected chi connectivity index (χ2v) is 8.58. The molecule has 0 aliphatic heterocycles. The Hall–Kier alpha value is -5.13. The number of alkyl halides is 3. The maximum Gasteiger partial charge on any atom is 0.573 e. The van der Waals surface area contributed by atoms with Crippen LogP contribution in [0.2, 0.25) is 0 Å². The van der Waals surface area contributed by atoms with Gasteiger partial charge in [0, 0.05) is 11.8 Å². The van der Waals surface area contributed by atoms with Crippen LogP contribution in [0.1, 0.15) is 26.4 Å². The first-order chi connectivity index (χ1) is 18.9. The van der Waals surface area contributed by atoms with E-state index in [0.29, 0.717) is 16.7 Å².